The van der Waals surface area contributed by atoms with Crippen LogP contribution in [0.2, 0.25) is 0 Å². The Morgan fingerprint density at radius 2 is 1.94 bits per heavy atom. The predicted molar refractivity (Wildman–Crippen MR) is 112 cm³/mol. The lowest BCUT2D eigenvalue weighted by Crippen LogP contribution is -2.35. The van der Waals surface area contributed by atoms with E-state index >= 15 is 0 Å². The Labute approximate surface area is 180 Å². The molecule has 31 heavy (non-hydrogen) atoms. The van der Waals surface area contributed by atoms with Gasteiger partial charge in [0.2, 0.25) is 15.2 Å². The molecular formula is C18H10F3N7OS2. The van der Waals surface area contributed by atoms with Crippen molar-refractivity contribution in [2.45, 2.75) is 13.1 Å². The van der Waals surface area contributed by atoms with Crippen LogP contribution in [0.1, 0.15) is 10.7 Å². The third-order valence-electron chi connectivity index (χ3n) is 4.36. The van der Waals surface area contributed by atoms with Gasteiger partial charge in [0.1, 0.15) is 5.01 Å². The van der Waals surface area contributed by atoms with Crippen molar-refractivity contribution in [3.8, 4) is 11.3 Å². The van der Waals surface area contributed by atoms with Gasteiger partial charge in [0.05, 0.1) is 17.0 Å². The van der Waals surface area contributed by atoms with Crippen LogP contribution in [0.5, 0.6) is 0 Å². The van der Waals surface area contributed by atoms with E-state index in [0.29, 0.717) is 21.4 Å². The number of aromatic nitrogens is 3. The van der Waals surface area contributed by atoms with Crippen LogP contribution in [0.25, 0.3) is 22.3 Å². The Hall–Kier alpha value is -3.32. The number of rotatable bonds is 2. The van der Waals surface area contributed by atoms with Gasteiger partial charge < -0.3 is 0 Å². The topological polar surface area (TPSA) is 99.1 Å². The standard InChI is InChI=1S/C18H10F3N7OS2/c1-8-25-27-11(12(23-16(27)30-8)9-5-3-2-4-6-9)7-10-13(22)28-17(24-14(10)29)31-15(26-28)18(19,20)21/h2-7,22H,1H3/b10-7-,22-13?. The molecule has 3 aromatic rings. The molecule has 5 rings (SSSR count). The second kappa shape index (κ2) is 6.85. The molecule has 2 aliphatic rings. The fraction of sp³-hybridized carbons (Fsp3) is 0.111. The first-order valence-corrected chi connectivity index (χ1v) is 10.3. The molecule has 0 saturated heterocycles. The number of nitrogens with one attached hydrogen (secondary N) is 1. The third-order valence-corrected chi connectivity index (χ3v) is 6.14. The predicted octanol–water partition coefficient (Wildman–Crippen LogP) is 3.95. The normalized spacial score (nSPS) is 18.1. The van der Waals surface area contributed by atoms with E-state index in [1.165, 1.54) is 21.9 Å². The number of aryl methyl sites for hydroxylation is 1. The summed E-state index contributed by atoms with van der Waals surface area (Å²) in [7, 11) is 0. The number of halogens is 3. The number of carbonyl (C=O) groups is 1. The van der Waals surface area contributed by atoms with E-state index in [9.17, 15) is 18.0 Å². The summed E-state index contributed by atoms with van der Waals surface area (Å²) in [6.45, 7) is 1.80. The highest BCUT2D eigenvalue weighted by atomic mass is 32.2. The number of alkyl halides is 3. The van der Waals surface area contributed by atoms with Crippen molar-refractivity contribution in [2.24, 2.45) is 10.1 Å². The fourth-order valence-corrected chi connectivity index (χ4v) is 4.55. The van der Waals surface area contributed by atoms with Gasteiger partial charge in [-0.05, 0) is 24.8 Å². The molecule has 156 valence electrons. The van der Waals surface area contributed by atoms with Gasteiger partial charge >= 0.3 is 6.18 Å². The molecule has 1 N–H and O–H groups in total. The Morgan fingerprint density at radius 3 is 2.65 bits per heavy atom. The van der Waals surface area contributed by atoms with Gasteiger partial charge in [-0.2, -0.15) is 33.4 Å². The number of carbonyl (C=O) groups excluding carboxylic acids is 1. The van der Waals surface area contributed by atoms with Crippen LogP contribution in [-0.2, 0) is 4.79 Å². The van der Waals surface area contributed by atoms with Crippen molar-refractivity contribution in [3.63, 3.8) is 0 Å². The van der Waals surface area contributed by atoms with E-state index in [1.807, 2.05) is 30.3 Å². The van der Waals surface area contributed by atoms with E-state index in [1.54, 1.807) is 6.92 Å². The smallest absolute Gasteiger partial charge is 0.282 e. The van der Waals surface area contributed by atoms with Crippen molar-refractivity contribution in [2.75, 3.05) is 0 Å². The maximum atomic E-state index is 13.0. The van der Waals surface area contributed by atoms with Gasteiger partial charge in [-0.25, -0.2) is 9.50 Å². The molecule has 0 saturated carbocycles. The van der Waals surface area contributed by atoms with Gasteiger partial charge in [0.25, 0.3) is 5.91 Å². The van der Waals surface area contributed by atoms with E-state index in [0.717, 1.165) is 10.6 Å². The van der Waals surface area contributed by atoms with Gasteiger partial charge in [0.15, 0.2) is 5.84 Å². The minimum absolute atomic E-state index is 0.207. The van der Waals surface area contributed by atoms with Crippen LogP contribution in [0.4, 0.5) is 13.2 Å². The van der Waals surface area contributed by atoms with Gasteiger partial charge in [-0.15, -0.1) is 0 Å². The van der Waals surface area contributed by atoms with Gasteiger partial charge in [-0.3, -0.25) is 10.2 Å². The highest BCUT2D eigenvalue weighted by Gasteiger charge is 2.46. The van der Waals surface area contributed by atoms with Crippen LogP contribution in [0.3, 0.4) is 0 Å². The number of hydrogen-bond acceptors (Lipinski definition) is 7. The Bertz CT molecular complexity index is 1350. The summed E-state index contributed by atoms with van der Waals surface area (Å²) in [6, 6.07) is 9.18. The fourth-order valence-electron chi connectivity index (χ4n) is 3.04. The van der Waals surface area contributed by atoms with Crippen molar-refractivity contribution < 1.29 is 18.0 Å². The largest absolute Gasteiger partial charge is 0.441 e. The first-order chi connectivity index (χ1) is 14.7. The molecule has 8 nitrogen and oxygen atoms in total. The number of thioether (sulfide) groups is 1. The monoisotopic (exact) mass is 461 g/mol. The Kier molecular flexibility index (Phi) is 4.34. The van der Waals surface area contributed by atoms with Gasteiger partial charge in [0, 0.05) is 5.56 Å². The van der Waals surface area contributed by atoms with E-state index in [4.69, 9.17) is 5.41 Å². The summed E-state index contributed by atoms with van der Waals surface area (Å²) in [5.74, 6) is -1.33. The lowest BCUT2D eigenvalue weighted by molar-refractivity contribution is -0.114. The average molecular weight is 461 g/mol. The quantitative estimate of drug-likeness (QED) is 0.583. The second-order valence-electron chi connectivity index (χ2n) is 6.45. The lowest BCUT2D eigenvalue weighted by Gasteiger charge is -2.20. The van der Waals surface area contributed by atoms with Crippen molar-refractivity contribution in [3.05, 3.63) is 46.6 Å². The number of amides is 1. The third kappa shape index (κ3) is 3.25. The summed E-state index contributed by atoms with van der Waals surface area (Å²) < 4.78 is 40.6. The number of nitrogens with zero attached hydrogens (tertiary/aromatic N) is 6. The molecule has 4 heterocycles. The molecule has 2 aliphatic heterocycles. The average Bonchev–Trinajstić information content (AvgIpc) is 3.38. The number of amidine groups is 2. The molecule has 0 fully saturated rings. The number of benzene rings is 1. The molecule has 0 unspecified atom stereocenters. The molecule has 0 radical (unpaired) electrons. The zero-order chi connectivity index (χ0) is 21.9. The molecular weight excluding hydrogens is 451 g/mol. The summed E-state index contributed by atoms with van der Waals surface area (Å²) in [5, 5.41) is 16.1. The van der Waals surface area contributed by atoms with Crippen LogP contribution in [0, 0.1) is 12.3 Å². The molecule has 0 aliphatic carbocycles. The van der Waals surface area contributed by atoms with Crippen LogP contribution in [-0.4, -0.2) is 47.7 Å². The summed E-state index contributed by atoms with van der Waals surface area (Å²) >= 11 is 1.56. The zero-order valence-corrected chi connectivity index (χ0v) is 17.1. The molecule has 13 heteroatoms. The maximum absolute atomic E-state index is 13.0. The first kappa shape index (κ1) is 19.6. The van der Waals surface area contributed by atoms with E-state index in [-0.39, 0.29) is 22.5 Å². The number of fused-ring (bicyclic) bond motifs is 2. The maximum Gasteiger partial charge on any atom is 0.441 e. The highest BCUT2D eigenvalue weighted by Crippen LogP contribution is 2.36. The molecule has 0 bridgehead atoms. The minimum Gasteiger partial charge on any atom is -0.282 e. The molecule has 1 aromatic carbocycles. The van der Waals surface area contributed by atoms with Crippen LogP contribution < -0.4 is 0 Å². The van der Waals surface area contributed by atoms with Crippen molar-refractivity contribution in [1.29, 1.82) is 5.41 Å². The highest BCUT2D eigenvalue weighted by molar-refractivity contribution is 8.27. The summed E-state index contributed by atoms with van der Waals surface area (Å²) in [5.41, 5.74) is 1.50. The number of hydrogen-bond donors (Lipinski definition) is 1. The second-order valence-corrected chi connectivity index (χ2v) is 8.57. The lowest BCUT2D eigenvalue weighted by atomic mass is 10.1. The van der Waals surface area contributed by atoms with E-state index < -0.39 is 23.0 Å². The van der Waals surface area contributed by atoms with Gasteiger partial charge in [-0.1, -0.05) is 41.7 Å². The molecule has 0 atom stereocenters. The molecule has 0 spiro atoms. The number of aliphatic imine (C=N–C) groups is 1. The first-order valence-electron chi connectivity index (χ1n) is 8.71. The van der Waals surface area contributed by atoms with E-state index in [2.05, 4.69) is 20.2 Å². The molecule has 2 aromatic heterocycles. The van der Waals surface area contributed by atoms with Crippen LogP contribution >= 0.6 is 23.1 Å². The molecule has 1 amide bonds. The zero-order valence-electron chi connectivity index (χ0n) is 15.5. The Morgan fingerprint density at radius 1 is 1.19 bits per heavy atom. The van der Waals surface area contributed by atoms with Crippen molar-refractivity contribution >= 4 is 56.1 Å². The number of imidazole rings is 1. The van der Waals surface area contributed by atoms with Crippen LogP contribution in [0.15, 0.2) is 46.0 Å². The Balaban J connectivity index is 1.65. The SMILES string of the molecule is Cc1nn2c(/C=C3/C(=N)N4N=C(C(F)(F)F)SC4=NC3=O)c(-c3ccccc3)nc2s1. The summed E-state index contributed by atoms with van der Waals surface area (Å²) in [6.07, 6.45) is -3.33. The summed E-state index contributed by atoms with van der Waals surface area (Å²) in [4.78, 5) is 21.5. The number of hydrazone groups is 1. The van der Waals surface area contributed by atoms with Crippen molar-refractivity contribution in [1.82, 2.24) is 19.6 Å². The minimum atomic E-state index is -4.70.